The lowest BCUT2D eigenvalue weighted by Crippen LogP contribution is -2.46. The zero-order valence-corrected chi connectivity index (χ0v) is 13.4. The summed E-state index contributed by atoms with van der Waals surface area (Å²) in [5.41, 5.74) is -0.627. The van der Waals surface area contributed by atoms with Gasteiger partial charge in [0.2, 0.25) is 5.91 Å². The summed E-state index contributed by atoms with van der Waals surface area (Å²) in [6.45, 7) is 9.07. The number of carbonyl (C=O) groups excluding carboxylic acids is 3. The molecule has 1 unspecified atom stereocenters. The molecule has 1 heterocycles. The van der Waals surface area contributed by atoms with Crippen molar-refractivity contribution in [3.8, 4) is 0 Å². The first kappa shape index (κ1) is 18.0. The van der Waals surface area contributed by atoms with Crippen LogP contribution in [0.3, 0.4) is 0 Å². The SMILES string of the molecule is C=CCOC(=O)C1CCCN1C(=O)CNC(=O)OC(C)(C)C. The minimum atomic E-state index is -0.661. The second-order valence-electron chi connectivity index (χ2n) is 6.02. The van der Waals surface area contributed by atoms with E-state index in [0.29, 0.717) is 13.0 Å². The molecule has 1 rings (SSSR count). The molecule has 7 heteroatoms. The van der Waals surface area contributed by atoms with Gasteiger partial charge < -0.3 is 19.7 Å². The fourth-order valence-corrected chi connectivity index (χ4v) is 2.11. The number of nitrogens with one attached hydrogen (secondary N) is 1. The van der Waals surface area contributed by atoms with Gasteiger partial charge in [-0.1, -0.05) is 12.7 Å². The highest BCUT2D eigenvalue weighted by molar-refractivity contribution is 5.87. The molecule has 2 amide bonds. The second-order valence-corrected chi connectivity index (χ2v) is 6.02. The largest absolute Gasteiger partial charge is 0.460 e. The summed E-state index contributed by atoms with van der Waals surface area (Å²) >= 11 is 0. The highest BCUT2D eigenvalue weighted by Gasteiger charge is 2.35. The molecule has 1 fully saturated rings. The van der Waals surface area contributed by atoms with E-state index < -0.39 is 23.7 Å². The van der Waals surface area contributed by atoms with Crippen LogP contribution in [0.5, 0.6) is 0 Å². The highest BCUT2D eigenvalue weighted by Crippen LogP contribution is 2.18. The van der Waals surface area contributed by atoms with Gasteiger partial charge in [0.25, 0.3) is 0 Å². The quantitative estimate of drug-likeness (QED) is 0.609. The van der Waals surface area contributed by atoms with Crippen LogP contribution < -0.4 is 5.32 Å². The third kappa shape index (κ3) is 5.75. The molecule has 0 aromatic rings. The lowest BCUT2D eigenvalue weighted by atomic mass is 10.2. The first-order valence-electron chi connectivity index (χ1n) is 7.28. The molecule has 1 saturated heterocycles. The molecule has 0 aromatic carbocycles. The average Bonchev–Trinajstić information content (AvgIpc) is 2.89. The molecule has 1 N–H and O–H groups in total. The first-order valence-corrected chi connectivity index (χ1v) is 7.28. The number of rotatable bonds is 5. The molecule has 0 bridgehead atoms. The van der Waals surface area contributed by atoms with Crippen molar-refractivity contribution in [2.45, 2.75) is 45.3 Å². The monoisotopic (exact) mass is 312 g/mol. The van der Waals surface area contributed by atoms with Crippen molar-refractivity contribution in [2.24, 2.45) is 0 Å². The van der Waals surface area contributed by atoms with Crippen molar-refractivity contribution >= 4 is 18.0 Å². The maximum absolute atomic E-state index is 12.1. The second kappa shape index (κ2) is 7.82. The average molecular weight is 312 g/mol. The maximum Gasteiger partial charge on any atom is 0.408 e. The highest BCUT2D eigenvalue weighted by atomic mass is 16.6. The van der Waals surface area contributed by atoms with Crippen LogP contribution in [0.4, 0.5) is 4.79 Å². The molecule has 1 atom stereocenters. The Bertz CT molecular complexity index is 442. The Hall–Kier alpha value is -2.05. The summed E-state index contributed by atoms with van der Waals surface area (Å²) in [4.78, 5) is 37.0. The summed E-state index contributed by atoms with van der Waals surface area (Å²) in [5.74, 6) is -0.771. The van der Waals surface area contributed by atoms with Crippen molar-refractivity contribution in [1.29, 1.82) is 0 Å². The molecule has 0 spiro atoms. The van der Waals surface area contributed by atoms with Gasteiger partial charge in [-0.2, -0.15) is 0 Å². The van der Waals surface area contributed by atoms with E-state index >= 15 is 0 Å². The van der Waals surface area contributed by atoms with Gasteiger partial charge in [0.05, 0.1) is 0 Å². The lowest BCUT2D eigenvalue weighted by molar-refractivity contribution is -0.152. The molecule has 22 heavy (non-hydrogen) atoms. The van der Waals surface area contributed by atoms with Gasteiger partial charge in [0.1, 0.15) is 24.8 Å². The van der Waals surface area contributed by atoms with E-state index in [2.05, 4.69) is 11.9 Å². The number of carbonyl (C=O) groups is 3. The standard InChI is InChI=1S/C15H24N2O5/c1-5-9-21-13(19)11-7-6-8-17(11)12(18)10-16-14(20)22-15(2,3)4/h5,11H,1,6-10H2,2-4H3,(H,16,20). The van der Waals surface area contributed by atoms with E-state index in [1.807, 2.05) is 0 Å². The van der Waals surface area contributed by atoms with Crippen LogP contribution in [0, 0.1) is 0 Å². The normalized spacial score (nSPS) is 17.8. The minimum absolute atomic E-state index is 0.119. The molecule has 1 aliphatic rings. The van der Waals surface area contributed by atoms with Crippen LogP contribution in [0.25, 0.3) is 0 Å². The third-order valence-electron chi connectivity index (χ3n) is 2.97. The van der Waals surface area contributed by atoms with Gasteiger partial charge in [-0.15, -0.1) is 0 Å². The fourth-order valence-electron chi connectivity index (χ4n) is 2.11. The van der Waals surface area contributed by atoms with E-state index in [1.54, 1.807) is 20.8 Å². The predicted molar refractivity (Wildman–Crippen MR) is 80.1 cm³/mol. The van der Waals surface area contributed by atoms with E-state index in [4.69, 9.17) is 9.47 Å². The molecule has 1 aliphatic heterocycles. The Morgan fingerprint density at radius 3 is 2.64 bits per heavy atom. The maximum atomic E-state index is 12.1. The Morgan fingerprint density at radius 2 is 2.05 bits per heavy atom. The number of esters is 1. The van der Waals surface area contributed by atoms with Gasteiger partial charge >= 0.3 is 12.1 Å². The van der Waals surface area contributed by atoms with Crippen LogP contribution in [0.15, 0.2) is 12.7 Å². The summed E-state index contributed by atoms with van der Waals surface area (Å²) < 4.78 is 10.0. The van der Waals surface area contributed by atoms with Gasteiger partial charge in [0.15, 0.2) is 0 Å². The van der Waals surface area contributed by atoms with Gasteiger partial charge in [0, 0.05) is 6.54 Å². The first-order chi connectivity index (χ1) is 10.2. The number of likely N-dealkylation sites (tertiary alicyclic amines) is 1. The van der Waals surface area contributed by atoms with Gasteiger partial charge in [-0.3, -0.25) is 4.79 Å². The summed E-state index contributed by atoms with van der Waals surface area (Å²) in [5, 5.41) is 2.40. The van der Waals surface area contributed by atoms with Crippen molar-refractivity contribution in [2.75, 3.05) is 19.7 Å². The number of amides is 2. The van der Waals surface area contributed by atoms with E-state index in [1.165, 1.54) is 11.0 Å². The Balaban J connectivity index is 2.48. The molecule has 0 saturated carbocycles. The number of ether oxygens (including phenoxy) is 2. The van der Waals surface area contributed by atoms with Crippen LogP contribution in [0.1, 0.15) is 33.6 Å². The third-order valence-corrected chi connectivity index (χ3v) is 2.97. The molecule has 0 aliphatic carbocycles. The number of nitrogens with zero attached hydrogens (tertiary/aromatic N) is 1. The van der Waals surface area contributed by atoms with Gasteiger partial charge in [-0.25, -0.2) is 9.59 Å². The Labute approximate surface area is 130 Å². The number of hydrogen-bond donors (Lipinski definition) is 1. The minimum Gasteiger partial charge on any atom is -0.460 e. The zero-order valence-electron chi connectivity index (χ0n) is 13.4. The van der Waals surface area contributed by atoms with Crippen LogP contribution in [-0.2, 0) is 19.1 Å². The zero-order chi connectivity index (χ0) is 16.8. The van der Waals surface area contributed by atoms with Crippen molar-refractivity contribution in [3.05, 3.63) is 12.7 Å². The number of alkyl carbamates (subject to hydrolysis) is 1. The van der Waals surface area contributed by atoms with Crippen LogP contribution in [0.2, 0.25) is 0 Å². The lowest BCUT2D eigenvalue weighted by Gasteiger charge is -2.24. The molecule has 7 nitrogen and oxygen atoms in total. The molecular weight excluding hydrogens is 288 g/mol. The van der Waals surface area contributed by atoms with Crippen LogP contribution >= 0.6 is 0 Å². The van der Waals surface area contributed by atoms with Crippen LogP contribution in [-0.4, -0.2) is 54.2 Å². The van der Waals surface area contributed by atoms with Gasteiger partial charge in [-0.05, 0) is 33.6 Å². The smallest absolute Gasteiger partial charge is 0.408 e. The molecule has 124 valence electrons. The van der Waals surface area contributed by atoms with E-state index in [9.17, 15) is 14.4 Å². The van der Waals surface area contributed by atoms with E-state index in [-0.39, 0.29) is 19.1 Å². The van der Waals surface area contributed by atoms with Crippen molar-refractivity contribution < 1.29 is 23.9 Å². The summed E-state index contributed by atoms with van der Waals surface area (Å²) in [6.07, 6.45) is 2.11. The Morgan fingerprint density at radius 1 is 1.36 bits per heavy atom. The molecule has 0 radical (unpaired) electrons. The fraction of sp³-hybridized carbons (Fsp3) is 0.667. The summed E-state index contributed by atoms with van der Waals surface area (Å²) in [6, 6.07) is -0.590. The Kier molecular flexibility index (Phi) is 6.39. The van der Waals surface area contributed by atoms with E-state index in [0.717, 1.165) is 6.42 Å². The topological polar surface area (TPSA) is 84.9 Å². The molecular formula is C15H24N2O5. The predicted octanol–water partition coefficient (Wildman–Crippen LogP) is 1.23. The molecule has 0 aromatic heterocycles. The van der Waals surface area contributed by atoms with Crippen molar-refractivity contribution in [3.63, 3.8) is 0 Å². The van der Waals surface area contributed by atoms with Crippen molar-refractivity contribution in [1.82, 2.24) is 10.2 Å². The number of hydrogen-bond acceptors (Lipinski definition) is 5. The summed E-state index contributed by atoms with van der Waals surface area (Å²) in [7, 11) is 0.